The molecule has 3 nitrogen and oxygen atoms in total. The molecule has 0 spiro atoms. The highest BCUT2D eigenvalue weighted by atomic mass is 35.5. The van der Waals surface area contributed by atoms with E-state index in [2.05, 4.69) is 17.6 Å². The Morgan fingerprint density at radius 1 is 1.14 bits per heavy atom. The molecule has 2 aromatic carbocycles. The smallest absolute Gasteiger partial charge is 0.319 e. The van der Waals surface area contributed by atoms with E-state index in [1.54, 1.807) is 0 Å². The molecule has 4 heteroatoms. The number of carbonyl (C=O) groups is 1. The summed E-state index contributed by atoms with van der Waals surface area (Å²) in [6.45, 7) is 4.48. The van der Waals surface area contributed by atoms with E-state index in [0.717, 1.165) is 23.2 Å². The first-order valence-electron chi connectivity index (χ1n) is 6.97. The Kier molecular flexibility index (Phi) is 5.23. The van der Waals surface area contributed by atoms with Crippen LogP contribution in [0.3, 0.4) is 0 Å². The first-order chi connectivity index (χ1) is 10.1. The highest BCUT2D eigenvalue weighted by Crippen LogP contribution is 2.16. The third-order valence-electron chi connectivity index (χ3n) is 3.28. The summed E-state index contributed by atoms with van der Waals surface area (Å²) in [7, 11) is 0. The Hall–Kier alpha value is -2.00. The van der Waals surface area contributed by atoms with Gasteiger partial charge in [-0.05, 0) is 48.2 Å². The van der Waals surface area contributed by atoms with Crippen LogP contribution in [0.1, 0.15) is 23.6 Å². The molecule has 0 saturated carbocycles. The van der Waals surface area contributed by atoms with E-state index in [1.807, 2.05) is 49.4 Å². The third-order valence-corrected chi connectivity index (χ3v) is 3.69. The van der Waals surface area contributed by atoms with Crippen molar-refractivity contribution in [1.82, 2.24) is 5.32 Å². The minimum atomic E-state index is -0.222. The van der Waals surface area contributed by atoms with Gasteiger partial charge < -0.3 is 10.6 Å². The molecule has 0 aliphatic carbocycles. The molecular formula is C17H19ClN2O. The number of nitrogens with one attached hydrogen (secondary N) is 2. The highest BCUT2D eigenvalue weighted by molar-refractivity contribution is 6.31. The summed E-state index contributed by atoms with van der Waals surface area (Å²) in [5.41, 5.74) is 4.00. The summed E-state index contributed by atoms with van der Waals surface area (Å²) in [6.07, 6.45) is 0.943. The third kappa shape index (κ3) is 4.50. The lowest BCUT2D eigenvalue weighted by Gasteiger charge is -2.09. The van der Waals surface area contributed by atoms with Crippen LogP contribution in [0.15, 0.2) is 42.5 Å². The molecule has 0 aliphatic rings. The van der Waals surface area contributed by atoms with E-state index in [1.165, 1.54) is 5.56 Å². The maximum absolute atomic E-state index is 11.9. The molecule has 2 aromatic rings. The van der Waals surface area contributed by atoms with E-state index < -0.39 is 0 Å². The number of halogens is 1. The first-order valence-corrected chi connectivity index (χ1v) is 7.35. The van der Waals surface area contributed by atoms with Crippen LogP contribution >= 0.6 is 11.6 Å². The number of anilines is 1. The number of amides is 2. The van der Waals surface area contributed by atoms with Gasteiger partial charge in [-0.1, -0.05) is 42.8 Å². The van der Waals surface area contributed by atoms with Crippen molar-refractivity contribution in [3.63, 3.8) is 0 Å². The van der Waals surface area contributed by atoms with Gasteiger partial charge in [-0.15, -0.1) is 0 Å². The van der Waals surface area contributed by atoms with Crippen molar-refractivity contribution in [2.75, 3.05) is 5.32 Å². The van der Waals surface area contributed by atoms with Crippen LogP contribution < -0.4 is 10.6 Å². The average Bonchev–Trinajstić information content (AvgIpc) is 2.48. The number of urea groups is 1. The molecule has 110 valence electrons. The molecule has 0 saturated heterocycles. The second kappa shape index (κ2) is 7.14. The Morgan fingerprint density at radius 3 is 2.67 bits per heavy atom. The number of benzene rings is 2. The maximum Gasteiger partial charge on any atom is 0.319 e. The molecule has 0 atom stereocenters. The molecule has 0 bridgehead atoms. The zero-order valence-electron chi connectivity index (χ0n) is 12.2. The van der Waals surface area contributed by atoms with Gasteiger partial charge in [0.1, 0.15) is 0 Å². The van der Waals surface area contributed by atoms with Crippen LogP contribution in [0, 0.1) is 6.92 Å². The zero-order chi connectivity index (χ0) is 15.2. The van der Waals surface area contributed by atoms with Crippen molar-refractivity contribution in [3.05, 3.63) is 64.2 Å². The van der Waals surface area contributed by atoms with Crippen molar-refractivity contribution >= 4 is 23.3 Å². The minimum Gasteiger partial charge on any atom is -0.334 e. The maximum atomic E-state index is 11.9. The quantitative estimate of drug-likeness (QED) is 0.856. The van der Waals surface area contributed by atoms with Crippen LogP contribution in [-0.2, 0) is 13.0 Å². The second-order valence-electron chi connectivity index (χ2n) is 4.95. The predicted octanol–water partition coefficient (Wildman–Crippen LogP) is 4.53. The lowest BCUT2D eigenvalue weighted by molar-refractivity contribution is 0.251. The van der Waals surface area contributed by atoms with E-state index in [-0.39, 0.29) is 6.03 Å². The summed E-state index contributed by atoms with van der Waals surface area (Å²) in [5, 5.41) is 6.37. The summed E-state index contributed by atoms with van der Waals surface area (Å²) >= 11 is 6.06. The standard InChI is InChI=1S/C17H19ClN2O/c1-3-13-5-4-6-15(9-13)20-17(21)19-11-14-8-7-12(2)16(18)10-14/h4-10H,3,11H2,1-2H3,(H2,19,20,21). The van der Waals surface area contributed by atoms with Crippen molar-refractivity contribution in [2.24, 2.45) is 0 Å². The minimum absolute atomic E-state index is 0.222. The molecule has 0 aromatic heterocycles. The van der Waals surface area contributed by atoms with Gasteiger partial charge in [-0.2, -0.15) is 0 Å². The predicted molar refractivity (Wildman–Crippen MR) is 87.9 cm³/mol. The van der Waals surface area contributed by atoms with Crippen LogP contribution in [0.2, 0.25) is 5.02 Å². The molecule has 0 aliphatic heterocycles. The van der Waals surface area contributed by atoms with Crippen molar-refractivity contribution < 1.29 is 4.79 Å². The van der Waals surface area contributed by atoms with Gasteiger partial charge >= 0.3 is 6.03 Å². The van der Waals surface area contributed by atoms with Gasteiger partial charge in [0.15, 0.2) is 0 Å². The molecular weight excluding hydrogens is 284 g/mol. The monoisotopic (exact) mass is 302 g/mol. The largest absolute Gasteiger partial charge is 0.334 e. The Balaban J connectivity index is 1.90. The van der Waals surface area contributed by atoms with E-state index in [9.17, 15) is 4.79 Å². The van der Waals surface area contributed by atoms with Gasteiger partial charge in [0.2, 0.25) is 0 Å². The number of hydrogen-bond acceptors (Lipinski definition) is 1. The molecule has 0 radical (unpaired) electrons. The van der Waals surface area contributed by atoms with Crippen molar-refractivity contribution in [2.45, 2.75) is 26.8 Å². The molecule has 0 unspecified atom stereocenters. The second-order valence-corrected chi connectivity index (χ2v) is 5.35. The summed E-state index contributed by atoms with van der Waals surface area (Å²) in [5.74, 6) is 0. The van der Waals surface area contributed by atoms with E-state index in [0.29, 0.717) is 11.6 Å². The highest BCUT2D eigenvalue weighted by Gasteiger charge is 2.03. The summed E-state index contributed by atoms with van der Waals surface area (Å²) in [6, 6.07) is 13.4. The van der Waals surface area contributed by atoms with Crippen molar-refractivity contribution in [3.8, 4) is 0 Å². The van der Waals surface area contributed by atoms with Crippen LogP contribution in [0.25, 0.3) is 0 Å². The first kappa shape index (κ1) is 15.4. The van der Waals surface area contributed by atoms with Crippen LogP contribution in [0.5, 0.6) is 0 Å². The lowest BCUT2D eigenvalue weighted by Crippen LogP contribution is -2.28. The fraction of sp³-hybridized carbons (Fsp3) is 0.235. The topological polar surface area (TPSA) is 41.1 Å². The fourth-order valence-corrected chi connectivity index (χ4v) is 2.18. The number of rotatable bonds is 4. The lowest BCUT2D eigenvalue weighted by atomic mass is 10.1. The van der Waals surface area contributed by atoms with Gasteiger partial charge in [-0.25, -0.2) is 4.79 Å². The van der Waals surface area contributed by atoms with Gasteiger partial charge in [-0.3, -0.25) is 0 Å². The number of hydrogen-bond donors (Lipinski definition) is 2. The zero-order valence-corrected chi connectivity index (χ0v) is 13.0. The Bertz CT molecular complexity index is 640. The molecule has 0 fully saturated rings. The van der Waals surface area contributed by atoms with E-state index >= 15 is 0 Å². The van der Waals surface area contributed by atoms with Gasteiger partial charge in [0, 0.05) is 17.3 Å². The molecule has 2 amide bonds. The van der Waals surface area contributed by atoms with E-state index in [4.69, 9.17) is 11.6 Å². The Labute approximate surface area is 130 Å². The number of carbonyl (C=O) groups excluding carboxylic acids is 1. The molecule has 2 rings (SSSR count). The molecule has 2 N–H and O–H groups in total. The summed E-state index contributed by atoms with van der Waals surface area (Å²) in [4.78, 5) is 11.9. The fourth-order valence-electron chi connectivity index (χ4n) is 1.97. The molecule has 21 heavy (non-hydrogen) atoms. The van der Waals surface area contributed by atoms with Crippen LogP contribution in [-0.4, -0.2) is 6.03 Å². The number of aryl methyl sites for hydroxylation is 2. The van der Waals surface area contributed by atoms with Crippen molar-refractivity contribution in [1.29, 1.82) is 0 Å². The Morgan fingerprint density at radius 2 is 1.95 bits per heavy atom. The average molecular weight is 303 g/mol. The normalized spacial score (nSPS) is 10.2. The van der Waals surface area contributed by atoms with Gasteiger partial charge in [0.05, 0.1) is 0 Å². The van der Waals surface area contributed by atoms with Crippen LogP contribution in [0.4, 0.5) is 10.5 Å². The SMILES string of the molecule is CCc1cccc(NC(=O)NCc2ccc(C)c(Cl)c2)c1. The van der Waals surface area contributed by atoms with Gasteiger partial charge in [0.25, 0.3) is 0 Å². The molecule has 0 heterocycles. The summed E-state index contributed by atoms with van der Waals surface area (Å²) < 4.78 is 0.